The lowest BCUT2D eigenvalue weighted by atomic mass is 9.84. The van der Waals surface area contributed by atoms with Gasteiger partial charge in [-0.2, -0.15) is 4.99 Å². The van der Waals surface area contributed by atoms with Crippen molar-refractivity contribution in [2.45, 2.75) is 76.3 Å². The van der Waals surface area contributed by atoms with Crippen LogP contribution in [-0.4, -0.2) is 78.4 Å². The maximum atomic E-state index is 14.5. The molecule has 3 atom stereocenters. The lowest BCUT2D eigenvalue weighted by Gasteiger charge is -2.34. The van der Waals surface area contributed by atoms with Crippen molar-refractivity contribution in [3.8, 4) is 0 Å². The maximum absolute atomic E-state index is 14.5. The summed E-state index contributed by atoms with van der Waals surface area (Å²) >= 11 is 1.33. The third-order valence-corrected chi connectivity index (χ3v) is 10.2. The van der Waals surface area contributed by atoms with Gasteiger partial charge < -0.3 is 35.8 Å². The number of carbonyl (C=O) groups excluding carboxylic acids is 3. The van der Waals surface area contributed by atoms with Crippen molar-refractivity contribution in [2.75, 3.05) is 26.3 Å². The summed E-state index contributed by atoms with van der Waals surface area (Å²) in [6.45, 7) is 3.20. The van der Waals surface area contributed by atoms with E-state index in [1.54, 1.807) is 17.9 Å². The van der Waals surface area contributed by atoms with Crippen molar-refractivity contribution in [2.24, 2.45) is 16.6 Å². The van der Waals surface area contributed by atoms with Crippen molar-refractivity contribution >= 4 is 35.1 Å². The normalized spacial score (nSPS) is 18.1. The molecule has 1 aliphatic carbocycles. The topological polar surface area (TPSA) is 156 Å². The minimum Gasteiger partial charge on any atom is -0.448 e. The van der Waals surface area contributed by atoms with Crippen molar-refractivity contribution < 1.29 is 29.0 Å². The van der Waals surface area contributed by atoms with Gasteiger partial charge in [0.1, 0.15) is 11.9 Å². The van der Waals surface area contributed by atoms with Gasteiger partial charge in [-0.25, -0.2) is 4.79 Å². The Morgan fingerprint density at radius 2 is 1.65 bits per heavy atom. The van der Waals surface area contributed by atoms with Crippen molar-refractivity contribution in [3.05, 3.63) is 93.7 Å². The average molecular weight is 690 g/mol. The smallest absolute Gasteiger partial charge is 0.435 e. The van der Waals surface area contributed by atoms with Gasteiger partial charge in [0.15, 0.2) is 6.29 Å². The number of rotatable bonds is 15. The second-order valence-corrected chi connectivity index (χ2v) is 13.7. The number of amides is 3. The molecule has 3 aromatic rings. The number of aliphatic imine (C=N–C) groups is 1. The number of likely N-dealkylation sites (tertiary alicyclic amines) is 1. The standard InChI is InChI=1S/C37H47N5O6S/c1-2-47-31(43)23-39-33(32(26-14-5-3-6-15-26)27-16-7-4-8-17-27)36(45)42-21-11-18-29(42)35(44)40-22-28-19-20-30(49-28)34(38)41-37(46)48-24-25-12-9-10-13-25/h3-8,14-17,19-20,25,29,31-33,39,43H,2,9-13,18,21-24H2,1H3,(H,40,44)(H2,38,41,46)/t29-,31?,33+/m0/s1. The average Bonchev–Trinajstić information content (AvgIpc) is 3.92. The molecular weight excluding hydrogens is 643 g/mol. The van der Waals surface area contributed by atoms with Crippen molar-refractivity contribution in [3.63, 3.8) is 0 Å². The maximum Gasteiger partial charge on any atom is 0.435 e. The predicted octanol–water partition coefficient (Wildman–Crippen LogP) is 4.53. The van der Waals surface area contributed by atoms with Crippen LogP contribution in [0.2, 0.25) is 0 Å². The van der Waals surface area contributed by atoms with Gasteiger partial charge in [-0.3, -0.25) is 9.59 Å². The highest BCUT2D eigenvalue weighted by atomic mass is 32.1. The summed E-state index contributed by atoms with van der Waals surface area (Å²) in [5, 5.41) is 16.7. The first-order valence-electron chi connectivity index (χ1n) is 17.1. The molecular formula is C37H47N5O6S. The van der Waals surface area contributed by atoms with E-state index in [1.807, 2.05) is 66.7 Å². The molecule has 2 aromatic carbocycles. The van der Waals surface area contributed by atoms with E-state index in [0.717, 1.165) is 41.7 Å². The van der Waals surface area contributed by atoms with E-state index in [2.05, 4.69) is 15.6 Å². The molecule has 2 aliphatic rings. The second-order valence-electron chi connectivity index (χ2n) is 12.5. The highest BCUT2D eigenvalue weighted by Crippen LogP contribution is 2.31. The fraction of sp³-hybridized carbons (Fsp3) is 0.459. The van der Waals surface area contributed by atoms with E-state index in [4.69, 9.17) is 15.2 Å². The van der Waals surface area contributed by atoms with Crippen LogP contribution in [0.5, 0.6) is 0 Å². The van der Waals surface area contributed by atoms with E-state index in [-0.39, 0.29) is 36.7 Å². The molecule has 11 nitrogen and oxygen atoms in total. The minimum atomic E-state index is -1.09. The predicted molar refractivity (Wildman–Crippen MR) is 189 cm³/mol. The number of ether oxygens (including phenoxy) is 2. The van der Waals surface area contributed by atoms with Crippen LogP contribution in [-0.2, 0) is 25.6 Å². The first kappa shape index (κ1) is 36.2. The fourth-order valence-corrected chi connectivity index (χ4v) is 7.51. The molecule has 2 heterocycles. The molecule has 1 aliphatic heterocycles. The molecule has 262 valence electrons. The summed E-state index contributed by atoms with van der Waals surface area (Å²) in [5.41, 5.74) is 7.96. The number of thiophene rings is 1. The second kappa shape index (κ2) is 18.1. The number of carbonyl (C=O) groups is 3. The Morgan fingerprint density at radius 3 is 2.31 bits per heavy atom. The molecule has 12 heteroatoms. The van der Waals surface area contributed by atoms with Gasteiger partial charge in [-0.1, -0.05) is 73.5 Å². The van der Waals surface area contributed by atoms with E-state index < -0.39 is 24.5 Å². The Balaban J connectivity index is 1.26. The van der Waals surface area contributed by atoms with Crippen LogP contribution in [0.15, 0.2) is 77.8 Å². The molecule has 1 saturated heterocycles. The van der Waals surface area contributed by atoms with E-state index in [9.17, 15) is 19.5 Å². The SMILES string of the molecule is CCOC(O)CN[C@@H](C(=O)N1CCC[C@H]1C(=O)NCc1ccc(C(N)=NC(=O)OCC2CCCC2)s1)C(c1ccccc1)c1ccccc1. The van der Waals surface area contributed by atoms with Gasteiger partial charge in [-0.05, 0) is 61.8 Å². The summed E-state index contributed by atoms with van der Waals surface area (Å²) in [5.74, 6) is -0.382. The van der Waals surface area contributed by atoms with Crippen LogP contribution in [0.3, 0.4) is 0 Å². The summed E-state index contributed by atoms with van der Waals surface area (Å²) in [7, 11) is 0. The van der Waals surface area contributed by atoms with Gasteiger partial charge in [0, 0.05) is 30.5 Å². The molecule has 2 fully saturated rings. The molecule has 0 spiro atoms. The Bertz CT molecular complexity index is 1510. The lowest BCUT2D eigenvalue weighted by molar-refractivity contribution is -0.141. The molecule has 49 heavy (non-hydrogen) atoms. The third kappa shape index (κ3) is 9.98. The quantitative estimate of drug-likeness (QED) is 0.103. The first-order chi connectivity index (χ1) is 23.8. The monoisotopic (exact) mass is 689 g/mol. The lowest BCUT2D eigenvalue weighted by Crippen LogP contribution is -2.55. The summed E-state index contributed by atoms with van der Waals surface area (Å²) in [6, 6.07) is 21.7. The Kier molecular flexibility index (Phi) is 13.3. The third-order valence-electron chi connectivity index (χ3n) is 9.11. The molecule has 0 radical (unpaired) electrons. The fourth-order valence-electron chi connectivity index (χ4n) is 6.66. The van der Waals surface area contributed by atoms with Crippen LogP contribution in [0.4, 0.5) is 4.79 Å². The molecule has 5 rings (SSSR count). The van der Waals surface area contributed by atoms with Gasteiger partial charge >= 0.3 is 6.09 Å². The van der Waals surface area contributed by atoms with Crippen LogP contribution in [0.25, 0.3) is 0 Å². The molecule has 5 N–H and O–H groups in total. The van der Waals surface area contributed by atoms with Gasteiger partial charge in [-0.15, -0.1) is 11.3 Å². The molecule has 0 bridgehead atoms. The van der Waals surface area contributed by atoms with Gasteiger partial charge in [0.2, 0.25) is 11.8 Å². The number of hydrogen-bond donors (Lipinski definition) is 4. The van der Waals surface area contributed by atoms with Crippen LogP contribution in [0, 0.1) is 5.92 Å². The van der Waals surface area contributed by atoms with Crippen LogP contribution < -0.4 is 16.4 Å². The zero-order valence-corrected chi connectivity index (χ0v) is 28.8. The van der Waals surface area contributed by atoms with E-state index in [0.29, 0.717) is 43.4 Å². The molecule has 1 saturated carbocycles. The number of nitrogens with two attached hydrogens (primary N) is 1. The van der Waals surface area contributed by atoms with Crippen LogP contribution >= 0.6 is 11.3 Å². The van der Waals surface area contributed by atoms with Crippen molar-refractivity contribution in [1.29, 1.82) is 0 Å². The molecule has 1 aromatic heterocycles. The molecule has 3 amide bonds. The number of amidine groups is 1. The zero-order valence-electron chi connectivity index (χ0n) is 28.0. The van der Waals surface area contributed by atoms with Gasteiger partial charge in [0.05, 0.1) is 24.1 Å². The Hall–Kier alpha value is -4.10. The van der Waals surface area contributed by atoms with E-state index >= 15 is 0 Å². The highest BCUT2D eigenvalue weighted by Gasteiger charge is 2.40. The van der Waals surface area contributed by atoms with Crippen LogP contribution in [0.1, 0.15) is 72.2 Å². The van der Waals surface area contributed by atoms with Gasteiger partial charge in [0.25, 0.3) is 0 Å². The number of hydrogen-bond acceptors (Lipinski definition) is 8. The molecule has 1 unspecified atom stereocenters. The Morgan fingerprint density at radius 1 is 0.980 bits per heavy atom. The number of nitrogens with one attached hydrogen (secondary N) is 2. The number of nitrogens with zero attached hydrogens (tertiary/aromatic N) is 2. The van der Waals surface area contributed by atoms with E-state index in [1.165, 1.54) is 11.3 Å². The number of aliphatic hydroxyl groups is 1. The zero-order chi connectivity index (χ0) is 34.6. The largest absolute Gasteiger partial charge is 0.448 e. The summed E-state index contributed by atoms with van der Waals surface area (Å²) in [4.78, 5) is 47.3. The number of benzene rings is 2. The summed E-state index contributed by atoms with van der Waals surface area (Å²) < 4.78 is 10.6. The summed E-state index contributed by atoms with van der Waals surface area (Å²) in [6.07, 6.45) is 3.89. The highest BCUT2D eigenvalue weighted by molar-refractivity contribution is 7.14. The first-order valence-corrected chi connectivity index (χ1v) is 18.0. The number of aliphatic hydroxyl groups excluding tert-OH is 1. The Labute approximate surface area is 291 Å². The minimum absolute atomic E-state index is 0.0382. The van der Waals surface area contributed by atoms with Crippen molar-refractivity contribution in [1.82, 2.24) is 15.5 Å².